The van der Waals surface area contributed by atoms with Crippen LogP contribution in [0.15, 0.2) is 4.52 Å². The van der Waals surface area contributed by atoms with Gasteiger partial charge in [-0.05, 0) is 25.8 Å². The summed E-state index contributed by atoms with van der Waals surface area (Å²) in [6, 6.07) is 0. The van der Waals surface area contributed by atoms with Crippen LogP contribution in [0.5, 0.6) is 0 Å². The van der Waals surface area contributed by atoms with Crippen molar-refractivity contribution in [3.8, 4) is 0 Å². The van der Waals surface area contributed by atoms with Crippen LogP contribution in [0.3, 0.4) is 0 Å². The van der Waals surface area contributed by atoms with Crippen LogP contribution < -0.4 is 5.73 Å². The van der Waals surface area contributed by atoms with Crippen LogP contribution in [0.1, 0.15) is 37.9 Å². The second-order valence-electron chi connectivity index (χ2n) is 3.40. The highest BCUT2D eigenvalue weighted by atomic mass is 16.5. The lowest BCUT2D eigenvalue weighted by atomic mass is 10.2. The summed E-state index contributed by atoms with van der Waals surface area (Å²) in [6.07, 6.45) is 3.79. The molecule has 0 fully saturated rings. The molecule has 15 heavy (non-hydrogen) atoms. The van der Waals surface area contributed by atoms with Crippen LogP contribution in [0, 0.1) is 0 Å². The van der Waals surface area contributed by atoms with Crippen molar-refractivity contribution in [2.45, 2.75) is 39.2 Å². The molecule has 0 unspecified atom stereocenters. The Morgan fingerprint density at radius 2 is 2.27 bits per heavy atom. The fourth-order valence-corrected chi connectivity index (χ4v) is 1.18. The van der Waals surface area contributed by atoms with Gasteiger partial charge in [-0.3, -0.25) is 0 Å². The molecule has 0 aromatic carbocycles. The van der Waals surface area contributed by atoms with E-state index >= 15 is 0 Å². The van der Waals surface area contributed by atoms with Gasteiger partial charge in [0.15, 0.2) is 5.82 Å². The van der Waals surface area contributed by atoms with Gasteiger partial charge in [0.25, 0.3) is 0 Å². The number of nitrogens with zero attached hydrogens (tertiary/aromatic N) is 2. The molecule has 0 saturated carbocycles. The predicted molar refractivity (Wildman–Crippen MR) is 56.2 cm³/mol. The summed E-state index contributed by atoms with van der Waals surface area (Å²) in [4.78, 5) is 4.21. The molecule has 0 bridgehead atoms. The first-order chi connectivity index (χ1) is 7.36. The fraction of sp³-hybridized carbons (Fsp3) is 0.800. The van der Waals surface area contributed by atoms with Gasteiger partial charge in [-0.25, -0.2) is 0 Å². The summed E-state index contributed by atoms with van der Waals surface area (Å²) in [5.74, 6) is 1.31. The van der Waals surface area contributed by atoms with E-state index in [0.717, 1.165) is 32.3 Å². The molecular weight excluding hydrogens is 194 g/mol. The van der Waals surface area contributed by atoms with Crippen molar-refractivity contribution >= 4 is 0 Å². The van der Waals surface area contributed by atoms with Crippen LogP contribution in [-0.4, -0.2) is 23.3 Å². The summed E-state index contributed by atoms with van der Waals surface area (Å²) in [5, 5.41) is 3.82. The zero-order valence-electron chi connectivity index (χ0n) is 9.24. The second-order valence-corrected chi connectivity index (χ2v) is 3.40. The first kappa shape index (κ1) is 12.1. The van der Waals surface area contributed by atoms with Crippen molar-refractivity contribution in [2.75, 3.05) is 13.2 Å². The molecule has 1 heterocycles. The Labute approximate surface area is 90.0 Å². The van der Waals surface area contributed by atoms with E-state index in [4.69, 9.17) is 15.0 Å². The van der Waals surface area contributed by atoms with E-state index in [-0.39, 0.29) is 0 Å². The predicted octanol–water partition coefficient (Wildman–Crippen LogP) is 1.28. The van der Waals surface area contributed by atoms with E-state index in [1.165, 1.54) is 0 Å². The molecule has 0 radical (unpaired) electrons. The van der Waals surface area contributed by atoms with Gasteiger partial charge in [0.1, 0.15) is 6.61 Å². The molecule has 0 amide bonds. The van der Waals surface area contributed by atoms with E-state index in [2.05, 4.69) is 17.1 Å². The Hall–Kier alpha value is -0.940. The van der Waals surface area contributed by atoms with E-state index in [1.54, 1.807) is 0 Å². The van der Waals surface area contributed by atoms with Crippen LogP contribution in [0.4, 0.5) is 0 Å². The monoisotopic (exact) mass is 213 g/mol. The molecule has 0 atom stereocenters. The summed E-state index contributed by atoms with van der Waals surface area (Å²) in [6.45, 7) is 3.94. The number of ether oxygens (including phenoxy) is 1. The van der Waals surface area contributed by atoms with Gasteiger partial charge in [0.05, 0.1) is 0 Å². The first-order valence-electron chi connectivity index (χ1n) is 5.46. The molecule has 5 heteroatoms. The van der Waals surface area contributed by atoms with Gasteiger partial charge in [0, 0.05) is 13.0 Å². The van der Waals surface area contributed by atoms with E-state index in [9.17, 15) is 0 Å². The Morgan fingerprint density at radius 1 is 1.40 bits per heavy atom. The van der Waals surface area contributed by atoms with Crippen LogP contribution >= 0.6 is 0 Å². The number of hydrogen-bond donors (Lipinski definition) is 1. The lowest BCUT2D eigenvalue weighted by Gasteiger charge is -1.95. The van der Waals surface area contributed by atoms with Gasteiger partial charge in [0.2, 0.25) is 5.89 Å². The standard InChI is InChI=1S/C10H19N3O2/c1-2-7-14-8-9-12-10(15-13-9)5-3-4-6-11/h2-8,11H2,1H3. The van der Waals surface area contributed by atoms with Crippen molar-refractivity contribution in [3.63, 3.8) is 0 Å². The largest absolute Gasteiger partial charge is 0.373 e. The normalized spacial score (nSPS) is 10.8. The average molecular weight is 213 g/mol. The van der Waals surface area contributed by atoms with Gasteiger partial charge in [-0.15, -0.1) is 0 Å². The van der Waals surface area contributed by atoms with Crippen molar-refractivity contribution < 1.29 is 9.26 Å². The first-order valence-corrected chi connectivity index (χ1v) is 5.46. The lowest BCUT2D eigenvalue weighted by Crippen LogP contribution is -1.99. The fourth-order valence-electron chi connectivity index (χ4n) is 1.18. The summed E-state index contributed by atoms with van der Waals surface area (Å²) in [7, 11) is 0. The van der Waals surface area contributed by atoms with Crippen LogP contribution in [0.2, 0.25) is 0 Å². The molecule has 1 aromatic rings. The molecule has 2 N–H and O–H groups in total. The lowest BCUT2D eigenvalue weighted by molar-refractivity contribution is 0.114. The minimum absolute atomic E-state index is 0.439. The minimum Gasteiger partial charge on any atom is -0.373 e. The smallest absolute Gasteiger partial charge is 0.226 e. The van der Waals surface area contributed by atoms with Crippen molar-refractivity contribution in [1.82, 2.24) is 10.1 Å². The van der Waals surface area contributed by atoms with Gasteiger partial charge in [-0.1, -0.05) is 12.1 Å². The molecule has 0 aliphatic carbocycles. The maximum atomic E-state index is 5.39. The van der Waals surface area contributed by atoms with Gasteiger partial charge >= 0.3 is 0 Å². The molecular formula is C10H19N3O2. The van der Waals surface area contributed by atoms with Crippen molar-refractivity contribution in [3.05, 3.63) is 11.7 Å². The Bertz CT molecular complexity index is 238. The van der Waals surface area contributed by atoms with Crippen LogP contribution in [0.25, 0.3) is 0 Å². The Morgan fingerprint density at radius 3 is 3.00 bits per heavy atom. The molecule has 86 valence electrons. The van der Waals surface area contributed by atoms with Gasteiger partial charge in [-0.2, -0.15) is 4.98 Å². The molecule has 0 aliphatic rings. The summed E-state index contributed by atoms with van der Waals surface area (Å²) in [5.41, 5.74) is 5.39. The van der Waals surface area contributed by atoms with E-state index < -0.39 is 0 Å². The third-order valence-corrected chi connectivity index (χ3v) is 1.93. The SMILES string of the molecule is CCCOCc1noc(CCCCN)n1. The average Bonchev–Trinajstić information content (AvgIpc) is 2.67. The molecule has 5 nitrogen and oxygen atoms in total. The third kappa shape index (κ3) is 4.90. The Balaban J connectivity index is 2.23. The topological polar surface area (TPSA) is 74.2 Å². The highest BCUT2D eigenvalue weighted by molar-refractivity contribution is 4.84. The maximum Gasteiger partial charge on any atom is 0.226 e. The van der Waals surface area contributed by atoms with Crippen LogP contribution in [-0.2, 0) is 17.8 Å². The number of unbranched alkanes of at least 4 members (excludes halogenated alkanes) is 1. The quantitative estimate of drug-likeness (QED) is 0.658. The molecule has 1 rings (SSSR count). The summed E-state index contributed by atoms with van der Waals surface area (Å²) >= 11 is 0. The number of aryl methyl sites for hydroxylation is 1. The molecule has 0 spiro atoms. The van der Waals surface area contributed by atoms with Crippen molar-refractivity contribution in [1.29, 1.82) is 0 Å². The zero-order chi connectivity index (χ0) is 10.9. The zero-order valence-corrected chi connectivity index (χ0v) is 9.24. The molecule has 0 aliphatic heterocycles. The van der Waals surface area contributed by atoms with E-state index in [0.29, 0.717) is 24.9 Å². The highest BCUT2D eigenvalue weighted by Crippen LogP contribution is 2.03. The number of nitrogens with two attached hydrogens (primary N) is 1. The highest BCUT2D eigenvalue weighted by Gasteiger charge is 2.05. The van der Waals surface area contributed by atoms with Crippen molar-refractivity contribution in [2.24, 2.45) is 5.73 Å². The number of hydrogen-bond acceptors (Lipinski definition) is 5. The van der Waals surface area contributed by atoms with Gasteiger partial charge < -0.3 is 15.0 Å². The van der Waals surface area contributed by atoms with E-state index in [1.807, 2.05) is 0 Å². The third-order valence-electron chi connectivity index (χ3n) is 1.93. The number of rotatable bonds is 8. The Kier molecular flexibility index (Phi) is 5.96. The molecule has 0 saturated heterocycles. The second kappa shape index (κ2) is 7.36. The molecule has 1 aromatic heterocycles. The number of aromatic nitrogens is 2. The maximum absolute atomic E-state index is 5.39. The summed E-state index contributed by atoms with van der Waals surface area (Å²) < 4.78 is 10.4. The minimum atomic E-state index is 0.439.